The summed E-state index contributed by atoms with van der Waals surface area (Å²) in [6.07, 6.45) is 4.98. The normalized spacial score (nSPS) is 16.7. The molecule has 31 heavy (non-hydrogen) atoms. The number of nitrogens with zero attached hydrogens (tertiary/aromatic N) is 3. The van der Waals surface area contributed by atoms with Gasteiger partial charge in [0.2, 0.25) is 0 Å². The minimum atomic E-state index is -0.164. The van der Waals surface area contributed by atoms with Crippen molar-refractivity contribution in [2.24, 2.45) is 10.2 Å². The van der Waals surface area contributed by atoms with Gasteiger partial charge in [-0.3, -0.25) is 9.69 Å². The van der Waals surface area contributed by atoms with Crippen molar-refractivity contribution in [1.82, 2.24) is 4.90 Å². The molecule has 8 heteroatoms. The number of carbonyl (C=O) groups is 1. The van der Waals surface area contributed by atoms with Crippen LogP contribution >= 0.6 is 23.4 Å². The summed E-state index contributed by atoms with van der Waals surface area (Å²) in [5, 5.41) is 9.60. The van der Waals surface area contributed by atoms with Gasteiger partial charge in [0.1, 0.15) is 11.5 Å². The molecule has 1 aliphatic rings. The van der Waals surface area contributed by atoms with Crippen LogP contribution < -0.4 is 4.74 Å². The predicted molar refractivity (Wildman–Crippen MR) is 124 cm³/mol. The number of benzene rings is 2. The molecule has 1 aromatic heterocycles. The summed E-state index contributed by atoms with van der Waals surface area (Å²) in [7, 11) is 1.60. The molecule has 0 saturated carbocycles. The number of para-hydroxylation sites is 1. The summed E-state index contributed by atoms with van der Waals surface area (Å²) < 4.78 is 10.7. The SMILES string of the molecule is COc1ccccc1/C=N\N=C1\S/C(=C\c2ccc(Cl)cc2)C(=O)N1Cc1ccco1. The lowest BCUT2D eigenvalue weighted by molar-refractivity contribution is -0.122. The number of amides is 1. The quantitative estimate of drug-likeness (QED) is 0.284. The van der Waals surface area contributed by atoms with Gasteiger partial charge in [0.15, 0.2) is 5.17 Å². The van der Waals surface area contributed by atoms with Crippen LogP contribution in [0.1, 0.15) is 16.9 Å². The van der Waals surface area contributed by atoms with Crippen LogP contribution in [0.25, 0.3) is 6.08 Å². The van der Waals surface area contributed by atoms with Gasteiger partial charge in [0, 0.05) is 10.6 Å². The van der Waals surface area contributed by atoms with Gasteiger partial charge < -0.3 is 9.15 Å². The molecule has 3 aromatic rings. The number of rotatable bonds is 6. The number of thioether (sulfide) groups is 1. The maximum atomic E-state index is 13.1. The fraction of sp³-hybridized carbons (Fsp3) is 0.0870. The molecule has 4 rings (SSSR count). The minimum Gasteiger partial charge on any atom is -0.496 e. The second-order valence-corrected chi connectivity index (χ2v) is 7.95. The largest absolute Gasteiger partial charge is 0.496 e. The van der Waals surface area contributed by atoms with Crippen LogP contribution in [-0.4, -0.2) is 29.3 Å². The highest BCUT2D eigenvalue weighted by molar-refractivity contribution is 8.18. The topological polar surface area (TPSA) is 67.4 Å². The third-order valence-corrected chi connectivity index (χ3v) is 5.68. The number of furan rings is 1. The first-order valence-corrected chi connectivity index (χ1v) is 10.6. The first-order chi connectivity index (χ1) is 15.1. The summed E-state index contributed by atoms with van der Waals surface area (Å²) in [5.41, 5.74) is 1.66. The molecule has 0 N–H and O–H groups in total. The first kappa shape index (κ1) is 21.0. The smallest absolute Gasteiger partial charge is 0.267 e. The van der Waals surface area contributed by atoms with E-state index in [2.05, 4.69) is 10.2 Å². The van der Waals surface area contributed by atoms with Gasteiger partial charge in [-0.05, 0) is 59.8 Å². The fourth-order valence-corrected chi connectivity index (χ4v) is 3.97. The van der Waals surface area contributed by atoms with E-state index in [0.29, 0.717) is 26.6 Å². The van der Waals surface area contributed by atoms with E-state index in [-0.39, 0.29) is 12.5 Å². The van der Waals surface area contributed by atoms with Gasteiger partial charge in [-0.15, -0.1) is 5.10 Å². The van der Waals surface area contributed by atoms with E-state index in [1.54, 1.807) is 42.7 Å². The highest BCUT2D eigenvalue weighted by atomic mass is 35.5. The predicted octanol–water partition coefficient (Wildman–Crippen LogP) is 5.45. The molecular formula is C23H18ClN3O3S. The molecule has 1 aliphatic heterocycles. The Morgan fingerprint density at radius 3 is 2.68 bits per heavy atom. The Labute approximate surface area is 188 Å². The van der Waals surface area contributed by atoms with Crippen LogP contribution in [-0.2, 0) is 11.3 Å². The van der Waals surface area contributed by atoms with E-state index in [0.717, 1.165) is 11.1 Å². The van der Waals surface area contributed by atoms with E-state index in [4.69, 9.17) is 20.8 Å². The Hall–Kier alpha value is -3.29. The van der Waals surface area contributed by atoms with Crippen molar-refractivity contribution in [1.29, 1.82) is 0 Å². The summed E-state index contributed by atoms with van der Waals surface area (Å²) in [6.45, 7) is 0.264. The van der Waals surface area contributed by atoms with Crippen molar-refractivity contribution in [3.05, 3.63) is 93.7 Å². The van der Waals surface area contributed by atoms with Gasteiger partial charge in [-0.2, -0.15) is 5.10 Å². The van der Waals surface area contributed by atoms with Gasteiger partial charge in [0.25, 0.3) is 5.91 Å². The molecule has 0 radical (unpaired) electrons. The van der Waals surface area contributed by atoms with Crippen LogP contribution in [0.15, 0.2) is 86.5 Å². The zero-order chi connectivity index (χ0) is 21.6. The lowest BCUT2D eigenvalue weighted by atomic mass is 10.2. The highest BCUT2D eigenvalue weighted by Crippen LogP contribution is 2.34. The lowest BCUT2D eigenvalue weighted by Crippen LogP contribution is -2.28. The Morgan fingerprint density at radius 2 is 1.94 bits per heavy atom. The lowest BCUT2D eigenvalue weighted by Gasteiger charge is -2.12. The van der Waals surface area contributed by atoms with Crippen LogP contribution in [0.2, 0.25) is 5.02 Å². The molecule has 1 amide bonds. The molecule has 0 atom stereocenters. The number of carbonyl (C=O) groups excluding carboxylic acids is 1. The molecule has 0 unspecified atom stereocenters. The van der Waals surface area contributed by atoms with E-state index < -0.39 is 0 Å². The number of amidine groups is 1. The van der Waals surface area contributed by atoms with Crippen LogP contribution in [0, 0.1) is 0 Å². The molecule has 0 spiro atoms. The van der Waals surface area contributed by atoms with Crippen molar-refractivity contribution in [2.45, 2.75) is 6.54 Å². The maximum Gasteiger partial charge on any atom is 0.267 e. The molecule has 156 valence electrons. The van der Waals surface area contributed by atoms with E-state index >= 15 is 0 Å². The number of hydrogen-bond donors (Lipinski definition) is 0. The zero-order valence-electron chi connectivity index (χ0n) is 16.6. The van der Waals surface area contributed by atoms with E-state index in [1.807, 2.05) is 48.5 Å². The van der Waals surface area contributed by atoms with Gasteiger partial charge >= 0.3 is 0 Å². The van der Waals surface area contributed by atoms with Crippen LogP contribution in [0.3, 0.4) is 0 Å². The minimum absolute atomic E-state index is 0.164. The molecule has 6 nitrogen and oxygen atoms in total. The molecular weight excluding hydrogens is 434 g/mol. The Morgan fingerprint density at radius 1 is 1.13 bits per heavy atom. The fourth-order valence-electron chi connectivity index (χ4n) is 2.90. The summed E-state index contributed by atoms with van der Waals surface area (Å²) in [4.78, 5) is 15.2. The molecule has 2 aromatic carbocycles. The molecule has 2 heterocycles. The standard InChI is InChI=1S/C23H18ClN3O3S/c1-29-20-7-3-2-5-17(20)14-25-26-23-27(15-19-6-4-12-30-19)22(28)21(31-23)13-16-8-10-18(24)11-9-16/h2-14H,15H2,1H3/b21-13-,25-14-,26-23+. The monoisotopic (exact) mass is 451 g/mol. The maximum absolute atomic E-state index is 13.1. The van der Waals surface area contributed by atoms with Crippen LogP contribution in [0.5, 0.6) is 5.75 Å². The van der Waals surface area contributed by atoms with E-state index in [1.165, 1.54) is 11.8 Å². The van der Waals surface area contributed by atoms with Crippen molar-refractivity contribution in [3.8, 4) is 5.75 Å². The molecule has 0 aliphatic carbocycles. The van der Waals surface area contributed by atoms with Gasteiger partial charge in [-0.25, -0.2) is 0 Å². The van der Waals surface area contributed by atoms with Crippen molar-refractivity contribution in [2.75, 3.05) is 7.11 Å². The Bertz CT molecular complexity index is 1160. The van der Waals surface area contributed by atoms with Gasteiger partial charge in [-0.1, -0.05) is 35.9 Å². The third kappa shape index (κ3) is 5.07. The van der Waals surface area contributed by atoms with Crippen molar-refractivity contribution in [3.63, 3.8) is 0 Å². The molecule has 1 fully saturated rings. The van der Waals surface area contributed by atoms with Crippen molar-refractivity contribution < 1.29 is 13.9 Å². The zero-order valence-corrected chi connectivity index (χ0v) is 18.1. The summed E-state index contributed by atoms with van der Waals surface area (Å²) >= 11 is 7.22. The summed E-state index contributed by atoms with van der Waals surface area (Å²) in [5.74, 6) is 1.18. The van der Waals surface area contributed by atoms with Crippen LogP contribution in [0.4, 0.5) is 0 Å². The van der Waals surface area contributed by atoms with Crippen molar-refractivity contribution >= 4 is 46.7 Å². The Balaban J connectivity index is 1.62. The number of ether oxygens (including phenoxy) is 1. The average Bonchev–Trinajstić information content (AvgIpc) is 3.40. The second-order valence-electron chi connectivity index (χ2n) is 6.50. The number of hydrogen-bond acceptors (Lipinski definition) is 6. The van der Waals surface area contributed by atoms with Gasteiger partial charge in [0.05, 0.1) is 31.0 Å². The first-order valence-electron chi connectivity index (χ1n) is 9.37. The molecule has 1 saturated heterocycles. The highest BCUT2D eigenvalue weighted by Gasteiger charge is 2.34. The average molecular weight is 452 g/mol. The number of methoxy groups -OCH3 is 1. The number of halogens is 1. The third-order valence-electron chi connectivity index (χ3n) is 4.43. The second kappa shape index (κ2) is 9.68. The molecule has 0 bridgehead atoms. The summed E-state index contributed by atoms with van der Waals surface area (Å²) in [6, 6.07) is 18.4. The Kier molecular flexibility index (Phi) is 6.54. The van der Waals surface area contributed by atoms with E-state index in [9.17, 15) is 4.79 Å².